The number of Topliss-reactive ketones (excluding diaryl/α,β-unsaturated/α-hetero) is 1. The van der Waals surface area contributed by atoms with Gasteiger partial charge in [0.2, 0.25) is 5.91 Å². The lowest BCUT2D eigenvalue weighted by Crippen LogP contribution is -2.21. The first kappa shape index (κ1) is 24.1. The van der Waals surface area contributed by atoms with Gasteiger partial charge in [-0.15, -0.1) is 0 Å². The SMILES string of the molecule is CCC(=O)c1cccc2cc(Oc3ccnc4cc(OCC5(C(=O)N=[N+]=[N-])CC5)c(OC)cc34)ccc12. The van der Waals surface area contributed by atoms with Gasteiger partial charge in [-0.1, -0.05) is 25.1 Å². The van der Waals surface area contributed by atoms with Crippen LogP contribution in [0.2, 0.25) is 0 Å². The van der Waals surface area contributed by atoms with Crippen LogP contribution in [0, 0.1) is 5.41 Å². The third kappa shape index (κ3) is 4.64. The molecule has 9 heteroatoms. The molecule has 0 unspecified atom stereocenters. The van der Waals surface area contributed by atoms with Gasteiger partial charge in [0.05, 0.1) is 18.0 Å². The van der Waals surface area contributed by atoms with Crippen LogP contribution >= 0.6 is 0 Å². The number of aromatic nitrogens is 1. The van der Waals surface area contributed by atoms with E-state index in [-0.39, 0.29) is 12.4 Å². The van der Waals surface area contributed by atoms with E-state index in [0.29, 0.717) is 58.7 Å². The maximum Gasteiger partial charge on any atom is 0.228 e. The fraction of sp³-hybridized carbons (Fsp3) is 0.250. The largest absolute Gasteiger partial charge is 0.493 e. The number of nitrogens with zero attached hydrogens (tertiary/aromatic N) is 4. The van der Waals surface area contributed by atoms with E-state index in [1.165, 1.54) is 7.11 Å². The van der Waals surface area contributed by atoms with E-state index in [4.69, 9.17) is 19.7 Å². The number of benzene rings is 3. The number of rotatable bonds is 9. The van der Waals surface area contributed by atoms with Gasteiger partial charge in [-0.3, -0.25) is 14.6 Å². The Balaban J connectivity index is 1.44. The fourth-order valence-electron chi connectivity index (χ4n) is 4.31. The second-order valence-corrected chi connectivity index (χ2v) is 8.96. The standard InChI is InChI=1S/C28H24N4O5/c1-3-23(33)20-6-4-5-17-13-18(7-8-19(17)20)37-24-9-12-30-22-15-26(25(35-2)14-21(22)24)36-16-28(10-11-28)27(34)31-32-29/h4-9,12-15H,3,10-11,16H2,1-2H3. The van der Waals surface area contributed by atoms with Gasteiger partial charge in [0.15, 0.2) is 17.3 Å². The molecule has 1 aliphatic carbocycles. The van der Waals surface area contributed by atoms with Crippen LogP contribution in [-0.2, 0) is 4.79 Å². The Labute approximate surface area is 212 Å². The number of amides is 1. The summed E-state index contributed by atoms with van der Waals surface area (Å²) in [5, 5.41) is 5.75. The minimum atomic E-state index is -0.776. The number of methoxy groups -OCH3 is 1. The van der Waals surface area contributed by atoms with Crippen LogP contribution in [0.15, 0.2) is 65.9 Å². The van der Waals surface area contributed by atoms with Crippen LogP contribution in [0.5, 0.6) is 23.0 Å². The molecule has 37 heavy (non-hydrogen) atoms. The van der Waals surface area contributed by atoms with Crippen LogP contribution < -0.4 is 14.2 Å². The average Bonchev–Trinajstić information content (AvgIpc) is 3.72. The number of fused-ring (bicyclic) bond motifs is 2. The Morgan fingerprint density at radius 2 is 1.89 bits per heavy atom. The molecule has 186 valence electrons. The number of ketones is 1. The molecule has 0 radical (unpaired) electrons. The second-order valence-electron chi connectivity index (χ2n) is 8.96. The lowest BCUT2D eigenvalue weighted by molar-refractivity contribution is -0.124. The van der Waals surface area contributed by atoms with Crippen LogP contribution in [0.25, 0.3) is 32.1 Å². The van der Waals surface area contributed by atoms with E-state index >= 15 is 0 Å². The summed E-state index contributed by atoms with van der Waals surface area (Å²) in [6.07, 6.45) is 3.30. The number of hydrogen-bond acceptors (Lipinski definition) is 6. The van der Waals surface area contributed by atoms with Crippen molar-refractivity contribution >= 4 is 33.4 Å². The molecular weight excluding hydrogens is 472 g/mol. The summed E-state index contributed by atoms with van der Waals surface area (Å²) in [4.78, 5) is 31.5. The highest BCUT2D eigenvalue weighted by atomic mass is 16.5. The molecule has 0 aliphatic heterocycles. The van der Waals surface area contributed by atoms with Gasteiger partial charge in [-0.2, -0.15) is 0 Å². The Morgan fingerprint density at radius 3 is 2.62 bits per heavy atom. The maximum absolute atomic E-state index is 12.3. The highest BCUT2D eigenvalue weighted by Gasteiger charge is 2.50. The Morgan fingerprint density at radius 1 is 1.05 bits per heavy atom. The van der Waals surface area contributed by atoms with E-state index in [2.05, 4.69) is 15.0 Å². The summed E-state index contributed by atoms with van der Waals surface area (Å²) in [5.41, 5.74) is 9.13. The van der Waals surface area contributed by atoms with E-state index in [1.807, 2.05) is 43.3 Å². The first-order chi connectivity index (χ1) is 18.0. The number of carbonyl (C=O) groups is 2. The average molecular weight is 497 g/mol. The molecule has 3 aromatic carbocycles. The Kier molecular flexibility index (Phi) is 6.38. The minimum absolute atomic E-state index is 0.0858. The molecule has 1 saturated carbocycles. The zero-order valence-electron chi connectivity index (χ0n) is 20.4. The highest BCUT2D eigenvalue weighted by Crippen LogP contribution is 2.48. The fourth-order valence-corrected chi connectivity index (χ4v) is 4.31. The van der Waals surface area contributed by atoms with Crippen LogP contribution in [0.1, 0.15) is 36.5 Å². The molecule has 0 saturated heterocycles. The molecule has 0 spiro atoms. The third-order valence-electron chi connectivity index (χ3n) is 6.63. The number of ether oxygens (including phenoxy) is 3. The molecule has 1 fully saturated rings. The summed E-state index contributed by atoms with van der Waals surface area (Å²) >= 11 is 0. The predicted molar refractivity (Wildman–Crippen MR) is 138 cm³/mol. The molecule has 0 N–H and O–H groups in total. The smallest absolute Gasteiger partial charge is 0.228 e. The van der Waals surface area contributed by atoms with Gasteiger partial charge in [-0.25, -0.2) is 0 Å². The van der Waals surface area contributed by atoms with Gasteiger partial charge in [0.1, 0.15) is 18.1 Å². The predicted octanol–water partition coefficient (Wildman–Crippen LogP) is 6.78. The molecular formula is C28H24N4O5. The normalized spacial score (nSPS) is 13.6. The highest BCUT2D eigenvalue weighted by molar-refractivity contribution is 6.08. The van der Waals surface area contributed by atoms with Crippen molar-refractivity contribution in [3.8, 4) is 23.0 Å². The van der Waals surface area contributed by atoms with Crippen molar-refractivity contribution in [3.05, 3.63) is 76.8 Å². The number of carbonyl (C=O) groups excluding carboxylic acids is 2. The van der Waals surface area contributed by atoms with E-state index in [1.54, 1.807) is 24.4 Å². The first-order valence-electron chi connectivity index (χ1n) is 11.9. The van der Waals surface area contributed by atoms with Crippen molar-refractivity contribution in [1.29, 1.82) is 0 Å². The molecule has 4 aromatic rings. The number of pyridine rings is 1. The summed E-state index contributed by atoms with van der Waals surface area (Å²) in [6, 6.07) is 16.6. The van der Waals surface area contributed by atoms with Crippen molar-refractivity contribution in [2.24, 2.45) is 10.5 Å². The lowest BCUT2D eigenvalue weighted by Gasteiger charge is -2.16. The van der Waals surface area contributed by atoms with E-state index in [9.17, 15) is 9.59 Å². The summed E-state index contributed by atoms with van der Waals surface area (Å²) in [6.45, 7) is 1.94. The number of hydrogen-bond donors (Lipinski definition) is 0. The molecule has 1 aromatic heterocycles. The lowest BCUT2D eigenvalue weighted by atomic mass is 10.00. The van der Waals surface area contributed by atoms with Crippen molar-refractivity contribution in [1.82, 2.24) is 4.98 Å². The monoisotopic (exact) mass is 496 g/mol. The van der Waals surface area contributed by atoms with Gasteiger partial charge in [-0.05, 0) is 64.6 Å². The molecule has 5 rings (SSSR count). The quantitative estimate of drug-likeness (QED) is 0.109. The Hall–Kier alpha value is -4.62. The minimum Gasteiger partial charge on any atom is -0.493 e. The third-order valence-corrected chi connectivity index (χ3v) is 6.63. The number of azide groups is 1. The molecule has 1 aliphatic rings. The molecule has 1 heterocycles. The van der Waals surface area contributed by atoms with Crippen molar-refractivity contribution in [2.75, 3.05) is 13.7 Å². The summed E-state index contributed by atoms with van der Waals surface area (Å²) < 4.78 is 17.7. The second kappa shape index (κ2) is 9.79. The van der Waals surface area contributed by atoms with Crippen LogP contribution in [-0.4, -0.2) is 30.4 Å². The van der Waals surface area contributed by atoms with E-state index < -0.39 is 11.3 Å². The topological polar surface area (TPSA) is 123 Å². The van der Waals surface area contributed by atoms with Crippen LogP contribution in [0.4, 0.5) is 0 Å². The van der Waals surface area contributed by atoms with Crippen molar-refractivity contribution < 1.29 is 23.8 Å². The maximum atomic E-state index is 12.3. The van der Waals surface area contributed by atoms with Gasteiger partial charge in [0.25, 0.3) is 0 Å². The van der Waals surface area contributed by atoms with Crippen molar-refractivity contribution in [2.45, 2.75) is 26.2 Å². The molecule has 0 atom stereocenters. The first-order valence-corrected chi connectivity index (χ1v) is 11.9. The van der Waals surface area contributed by atoms with Gasteiger partial charge >= 0.3 is 0 Å². The van der Waals surface area contributed by atoms with Gasteiger partial charge < -0.3 is 14.2 Å². The Bertz CT molecular complexity index is 1590. The summed E-state index contributed by atoms with van der Waals surface area (Å²) in [7, 11) is 1.53. The molecule has 9 nitrogen and oxygen atoms in total. The van der Waals surface area contributed by atoms with Crippen molar-refractivity contribution in [3.63, 3.8) is 0 Å². The molecule has 0 bridgehead atoms. The molecule has 1 amide bonds. The van der Waals surface area contributed by atoms with E-state index in [0.717, 1.165) is 10.8 Å². The zero-order chi connectivity index (χ0) is 26.0. The zero-order valence-corrected chi connectivity index (χ0v) is 20.4. The van der Waals surface area contributed by atoms with Gasteiger partial charge in [0, 0.05) is 34.5 Å². The summed E-state index contributed by atoms with van der Waals surface area (Å²) in [5.74, 6) is 1.67. The van der Waals surface area contributed by atoms with Crippen LogP contribution in [0.3, 0.4) is 0 Å².